The topological polar surface area (TPSA) is 97.9 Å². The molecular weight excluding hydrogens is 939 g/mol. The van der Waals surface area contributed by atoms with Gasteiger partial charge in [-0.3, -0.25) is 9.98 Å². The molecule has 8 aromatic rings. The second kappa shape index (κ2) is 25.1. The third kappa shape index (κ3) is 15.8. The first-order valence-electron chi connectivity index (χ1n) is 29.0. The number of aromatic nitrogens is 5. The predicted molar refractivity (Wildman–Crippen MR) is 337 cm³/mol. The van der Waals surface area contributed by atoms with Crippen LogP contribution in [0.4, 0.5) is 11.4 Å². The standard InChI is InChI=1S/2C15H21N.C14H19N.2C13H18N2/c2*1-10(2)11-6-7-12-9-14(15(3,4)5)16-13(12)8-11;1-9(2)11-5-6-12-8-13(10(3)4)15-14(12)7-11;2*1-8(2)10-5-6-11-12(7-10)15-13(14-11)9(3)4/h2*6-8,10H,9H2,1-5H3;5-10,15H,1-4H3;2*5-9H,1-4H3,(H,14,15). The summed E-state index contributed by atoms with van der Waals surface area (Å²) in [5, 5.41) is 1.32. The lowest BCUT2D eigenvalue weighted by atomic mass is 9.87. The second-order valence-corrected chi connectivity index (χ2v) is 26.4. The largest absolute Gasteiger partial charge is 0.358 e. The number of fused-ring (bicyclic) bond motifs is 5. The van der Waals surface area contributed by atoms with Gasteiger partial charge in [-0.2, -0.15) is 0 Å². The lowest BCUT2D eigenvalue weighted by molar-refractivity contribution is 0.584. The van der Waals surface area contributed by atoms with Crippen molar-refractivity contribution < 1.29 is 0 Å². The highest BCUT2D eigenvalue weighted by Gasteiger charge is 2.26. The van der Waals surface area contributed by atoms with Gasteiger partial charge in [0.2, 0.25) is 0 Å². The van der Waals surface area contributed by atoms with E-state index in [0.717, 1.165) is 46.6 Å². The number of H-pyrrole nitrogens is 3. The average molecular weight is 1040 g/mol. The molecule has 0 radical (unpaired) electrons. The monoisotopic (exact) mass is 1040 g/mol. The predicted octanol–water partition coefficient (Wildman–Crippen LogP) is 21.0. The van der Waals surface area contributed by atoms with Crippen LogP contribution >= 0.6 is 0 Å². The molecule has 5 heterocycles. The van der Waals surface area contributed by atoms with Gasteiger partial charge in [0.05, 0.1) is 33.4 Å². The Bertz CT molecular complexity index is 2970. The minimum atomic E-state index is 0.191. The van der Waals surface area contributed by atoms with Gasteiger partial charge >= 0.3 is 0 Å². The molecule has 412 valence electrons. The maximum Gasteiger partial charge on any atom is 0.109 e. The minimum Gasteiger partial charge on any atom is -0.358 e. The van der Waals surface area contributed by atoms with E-state index in [1.54, 1.807) is 0 Å². The van der Waals surface area contributed by atoms with Crippen LogP contribution in [0.2, 0.25) is 0 Å². The van der Waals surface area contributed by atoms with Crippen molar-refractivity contribution in [3.8, 4) is 0 Å². The highest BCUT2D eigenvalue weighted by molar-refractivity contribution is 5.98. The van der Waals surface area contributed by atoms with Crippen LogP contribution in [0, 0.1) is 10.8 Å². The molecule has 0 unspecified atom stereocenters. The summed E-state index contributed by atoms with van der Waals surface area (Å²) in [7, 11) is 0. The molecule has 0 spiro atoms. The van der Waals surface area contributed by atoms with E-state index < -0.39 is 0 Å². The number of hydrogen-bond acceptors (Lipinski definition) is 4. The average Bonchev–Trinajstić information content (AvgIpc) is 4.21. The fourth-order valence-electron chi connectivity index (χ4n) is 9.18. The van der Waals surface area contributed by atoms with Crippen molar-refractivity contribution in [1.82, 2.24) is 24.9 Å². The van der Waals surface area contributed by atoms with Crippen molar-refractivity contribution in [3.05, 3.63) is 153 Å². The van der Waals surface area contributed by atoms with E-state index in [-0.39, 0.29) is 10.8 Å². The van der Waals surface area contributed by atoms with Crippen LogP contribution in [0.1, 0.15) is 256 Å². The summed E-state index contributed by atoms with van der Waals surface area (Å²) < 4.78 is 0. The lowest BCUT2D eigenvalue weighted by Crippen LogP contribution is -2.19. The van der Waals surface area contributed by atoms with Crippen molar-refractivity contribution in [1.29, 1.82) is 0 Å². The molecule has 0 fully saturated rings. The molecule has 5 aromatic carbocycles. The first kappa shape index (κ1) is 60.2. The van der Waals surface area contributed by atoms with Crippen molar-refractivity contribution in [2.75, 3.05) is 0 Å². The highest BCUT2D eigenvalue weighted by Crippen LogP contribution is 2.37. The zero-order valence-corrected chi connectivity index (χ0v) is 51.6. The van der Waals surface area contributed by atoms with E-state index in [2.05, 4.69) is 274 Å². The molecule has 7 nitrogen and oxygen atoms in total. The van der Waals surface area contributed by atoms with E-state index in [1.807, 2.05) is 0 Å². The van der Waals surface area contributed by atoms with Crippen LogP contribution in [0.25, 0.3) is 33.0 Å². The Hall–Kier alpha value is -6.08. The number of imidazole rings is 2. The number of benzene rings is 5. The third-order valence-corrected chi connectivity index (χ3v) is 14.9. The summed E-state index contributed by atoms with van der Waals surface area (Å²) >= 11 is 0. The number of nitrogens with zero attached hydrogens (tertiary/aromatic N) is 4. The zero-order valence-electron chi connectivity index (χ0n) is 51.6. The molecule has 7 heteroatoms. The van der Waals surface area contributed by atoms with E-state index >= 15 is 0 Å². The Kier molecular flexibility index (Phi) is 19.6. The molecule has 0 bridgehead atoms. The molecule has 2 aliphatic rings. The summed E-state index contributed by atoms with van der Waals surface area (Å²) in [5.74, 6) is 6.54. The zero-order chi connectivity index (χ0) is 56.8. The number of nitrogens with one attached hydrogen (secondary N) is 3. The lowest BCUT2D eigenvalue weighted by Gasteiger charge is -2.17. The summed E-state index contributed by atoms with van der Waals surface area (Å²) in [6.45, 7) is 48.7. The Labute approximate surface area is 465 Å². The van der Waals surface area contributed by atoms with Gasteiger partial charge in [0.1, 0.15) is 11.6 Å². The second-order valence-electron chi connectivity index (χ2n) is 26.4. The van der Waals surface area contributed by atoms with Gasteiger partial charge in [-0.1, -0.05) is 201 Å². The van der Waals surface area contributed by atoms with Gasteiger partial charge in [0.25, 0.3) is 0 Å². The Morgan fingerprint density at radius 3 is 1.03 bits per heavy atom. The molecule has 0 aliphatic carbocycles. The molecule has 0 saturated carbocycles. The fourth-order valence-corrected chi connectivity index (χ4v) is 9.18. The van der Waals surface area contributed by atoms with Crippen LogP contribution < -0.4 is 0 Å². The first-order valence-corrected chi connectivity index (χ1v) is 29.0. The molecular formula is C70H97N7. The Morgan fingerprint density at radius 2 is 0.688 bits per heavy atom. The number of rotatable bonds is 8. The highest BCUT2D eigenvalue weighted by atomic mass is 14.9. The molecule has 0 atom stereocenters. The van der Waals surface area contributed by atoms with E-state index in [0.29, 0.717) is 47.3 Å². The Balaban J connectivity index is 0.000000156. The maximum atomic E-state index is 4.78. The van der Waals surface area contributed by atoms with Crippen molar-refractivity contribution in [2.24, 2.45) is 20.8 Å². The molecule has 2 aliphatic heterocycles. The summed E-state index contributed by atoms with van der Waals surface area (Å²) in [5.41, 5.74) is 22.1. The summed E-state index contributed by atoms with van der Waals surface area (Å²) in [6.07, 6.45) is 2.05. The van der Waals surface area contributed by atoms with E-state index in [9.17, 15) is 0 Å². The van der Waals surface area contributed by atoms with Crippen LogP contribution in [0.15, 0.2) is 107 Å². The number of hydrogen-bond donors (Lipinski definition) is 3. The third-order valence-electron chi connectivity index (χ3n) is 14.9. The van der Waals surface area contributed by atoms with Gasteiger partial charge in [0.15, 0.2) is 0 Å². The van der Waals surface area contributed by atoms with Gasteiger partial charge < -0.3 is 15.0 Å². The molecule has 77 heavy (non-hydrogen) atoms. The van der Waals surface area contributed by atoms with E-state index in [1.165, 1.54) is 78.3 Å². The van der Waals surface area contributed by atoms with Crippen LogP contribution in [-0.2, 0) is 12.8 Å². The van der Waals surface area contributed by atoms with Crippen LogP contribution in [0.3, 0.4) is 0 Å². The van der Waals surface area contributed by atoms with Crippen molar-refractivity contribution in [3.63, 3.8) is 0 Å². The number of aliphatic imine (C=N–C) groups is 2. The molecule has 0 amide bonds. The summed E-state index contributed by atoms with van der Waals surface area (Å²) in [6, 6.07) is 35.4. The van der Waals surface area contributed by atoms with Crippen LogP contribution in [0.5, 0.6) is 0 Å². The molecule has 10 rings (SSSR count). The van der Waals surface area contributed by atoms with Gasteiger partial charge in [0, 0.05) is 58.1 Å². The Morgan fingerprint density at radius 1 is 0.351 bits per heavy atom. The normalized spacial score (nSPS) is 13.3. The first-order chi connectivity index (χ1) is 36.0. The number of aromatic amines is 3. The van der Waals surface area contributed by atoms with Gasteiger partial charge in [-0.15, -0.1) is 0 Å². The van der Waals surface area contributed by atoms with Gasteiger partial charge in [-0.25, -0.2) is 9.97 Å². The van der Waals surface area contributed by atoms with Crippen molar-refractivity contribution in [2.45, 2.75) is 213 Å². The van der Waals surface area contributed by atoms with Crippen LogP contribution in [-0.4, -0.2) is 36.3 Å². The SMILES string of the molecule is CC(C)c1ccc2c(c1)N=C(C(C)(C)C)C2.CC(C)c1ccc2c(c1)N=C(C(C)(C)C)C2.CC(C)c1ccc2cc(C(C)C)[nH]c2c1.CC(C)c1ccc2nc(C(C)C)[nH]c2c1.CC(C)c1ccc2nc(C(C)C)[nH]c2c1. The molecule has 3 aromatic heterocycles. The van der Waals surface area contributed by atoms with E-state index in [4.69, 9.17) is 9.98 Å². The maximum absolute atomic E-state index is 4.78. The van der Waals surface area contributed by atoms with Crippen molar-refractivity contribution >= 4 is 55.8 Å². The molecule has 0 saturated heterocycles. The quantitative estimate of drug-likeness (QED) is 0.141. The minimum absolute atomic E-state index is 0.191. The smallest absolute Gasteiger partial charge is 0.109 e. The fraction of sp³-hybridized carbons (Fsp3) is 0.486. The van der Waals surface area contributed by atoms with Gasteiger partial charge in [-0.05, 0) is 128 Å². The summed E-state index contributed by atoms with van der Waals surface area (Å²) in [4.78, 5) is 28.9. The molecule has 3 N–H and O–H groups in total.